The van der Waals surface area contributed by atoms with E-state index in [2.05, 4.69) is 0 Å². The molecule has 3 rings (SSSR count). The standard InChI is InChI=1S/C17H19NO2/c1-11-9-12(20-2)7-8-14(11)17(19)10-16(18)13-5-3-4-6-15(13)17/h3-9,16,19H,10,18H2,1-2H3. The van der Waals surface area contributed by atoms with Crippen molar-refractivity contribution in [2.24, 2.45) is 5.73 Å². The smallest absolute Gasteiger partial charge is 0.119 e. The van der Waals surface area contributed by atoms with Crippen molar-refractivity contribution in [1.82, 2.24) is 0 Å². The average Bonchev–Trinajstić information content (AvgIpc) is 2.72. The Labute approximate surface area is 119 Å². The van der Waals surface area contributed by atoms with E-state index in [1.54, 1.807) is 7.11 Å². The molecule has 104 valence electrons. The Kier molecular flexibility index (Phi) is 3.04. The molecule has 0 amide bonds. The lowest BCUT2D eigenvalue weighted by atomic mass is 9.85. The molecule has 3 heteroatoms. The summed E-state index contributed by atoms with van der Waals surface area (Å²) in [5.74, 6) is 0.797. The first-order chi connectivity index (χ1) is 9.56. The van der Waals surface area contributed by atoms with Gasteiger partial charge in [-0.3, -0.25) is 0 Å². The number of methoxy groups -OCH3 is 1. The van der Waals surface area contributed by atoms with Crippen LogP contribution in [0, 0.1) is 6.92 Å². The van der Waals surface area contributed by atoms with Crippen LogP contribution in [0.1, 0.15) is 34.7 Å². The molecule has 2 unspecified atom stereocenters. The average molecular weight is 269 g/mol. The van der Waals surface area contributed by atoms with Gasteiger partial charge in [0.15, 0.2) is 0 Å². The molecule has 0 heterocycles. The molecule has 0 aliphatic heterocycles. The number of rotatable bonds is 2. The molecular weight excluding hydrogens is 250 g/mol. The second-order valence-electron chi connectivity index (χ2n) is 5.44. The minimum atomic E-state index is -1.01. The molecule has 1 aliphatic rings. The predicted octanol–water partition coefficient (Wildman–Crippen LogP) is 2.64. The monoisotopic (exact) mass is 269 g/mol. The maximum atomic E-state index is 11.2. The summed E-state index contributed by atoms with van der Waals surface area (Å²) >= 11 is 0. The molecule has 3 N–H and O–H groups in total. The molecule has 0 radical (unpaired) electrons. The molecule has 2 atom stereocenters. The number of fused-ring (bicyclic) bond motifs is 1. The first-order valence-electron chi connectivity index (χ1n) is 6.79. The van der Waals surface area contributed by atoms with E-state index < -0.39 is 5.60 Å². The van der Waals surface area contributed by atoms with Crippen molar-refractivity contribution in [2.45, 2.75) is 25.0 Å². The maximum Gasteiger partial charge on any atom is 0.119 e. The SMILES string of the molecule is COc1ccc(C2(O)CC(N)c3ccccc32)c(C)c1. The fraction of sp³-hybridized carbons (Fsp3) is 0.294. The van der Waals surface area contributed by atoms with Gasteiger partial charge in [0.1, 0.15) is 11.4 Å². The van der Waals surface area contributed by atoms with E-state index in [0.717, 1.165) is 28.0 Å². The van der Waals surface area contributed by atoms with Gasteiger partial charge in [-0.1, -0.05) is 30.3 Å². The van der Waals surface area contributed by atoms with Crippen molar-refractivity contribution in [3.05, 3.63) is 64.7 Å². The Morgan fingerprint density at radius 1 is 1.20 bits per heavy atom. The van der Waals surface area contributed by atoms with Crippen molar-refractivity contribution < 1.29 is 9.84 Å². The predicted molar refractivity (Wildman–Crippen MR) is 78.7 cm³/mol. The van der Waals surface area contributed by atoms with Crippen LogP contribution in [0.3, 0.4) is 0 Å². The zero-order valence-corrected chi connectivity index (χ0v) is 11.8. The molecular formula is C17H19NO2. The van der Waals surface area contributed by atoms with Gasteiger partial charge < -0.3 is 15.6 Å². The number of nitrogens with two attached hydrogens (primary N) is 1. The largest absolute Gasteiger partial charge is 0.497 e. The molecule has 2 aromatic rings. The highest BCUT2D eigenvalue weighted by atomic mass is 16.5. The van der Waals surface area contributed by atoms with Crippen LogP contribution >= 0.6 is 0 Å². The summed E-state index contributed by atoms with van der Waals surface area (Å²) in [6, 6.07) is 13.5. The van der Waals surface area contributed by atoms with Gasteiger partial charge in [-0.2, -0.15) is 0 Å². The lowest BCUT2D eigenvalue weighted by Crippen LogP contribution is -2.26. The fourth-order valence-corrected chi connectivity index (χ4v) is 3.22. The minimum Gasteiger partial charge on any atom is -0.497 e. The quantitative estimate of drug-likeness (QED) is 0.881. The van der Waals surface area contributed by atoms with Gasteiger partial charge in [-0.25, -0.2) is 0 Å². The molecule has 0 saturated heterocycles. The van der Waals surface area contributed by atoms with E-state index in [4.69, 9.17) is 10.5 Å². The third-order valence-corrected chi connectivity index (χ3v) is 4.20. The Balaban J connectivity index is 2.15. The van der Waals surface area contributed by atoms with Crippen LogP contribution in [0.2, 0.25) is 0 Å². The number of hydrogen-bond acceptors (Lipinski definition) is 3. The lowest BCUT2D eigenvalue weighted by molar-refractivity contribution is 0.0769. The van der Waals surface area contributed by atoms with E-state index in [0.29, 0.717) is 6.42 Å². The highest BCUT2D eigenvalue weighted by molar-refractivity contribution is 5.50. The summed E-state index contributed by atoms with van der Waals surface area (Å²) in [5.41, 5.74) is 9.03. The van der Waals surface area contributed by atoms with Gasteiger partial charge in [-0.15, -0.1) is 0 Å². The molecule has 20 heavy (non-hydrogen) atoms. The second-order valence-corrected chi connectivity index (χ2v) is 5.44. The van der Waals surface area contributed by atoms with Crippen LogP contribution in [0.5, 0.6) is 5.75 Å². The summed E-state index contributed by atoms with van der Waals surface area (Å²) in [7, 11) is 1.64. The van der Waals surface area contributed by atoms with Crippen LogP contribution in [-0.4, -0.2) is 12.2 Å². The normalized spacial score (nSPS) is 24.5. The van der Waals surface area contributed by atoms with Crippen molar-refractivity contribution >= 4 is 0 Å². The van der Waals surface area contributed by atoms with Gasteiger partial charge in [0.05, 0.1) is 7.11 Å². The number of aliphatic hydroxyl groups is 1. The fourth-order valence-electron chi connectivity index (χ4n) is 3.22. The molecule has 1 aliphatic carbocycles. The van der Waals surface area contributed by atoms with Crippen molar-refractivity contribution in [3.8, 4) is 5.75 Å². The Morgan fingerprint density at radius 3 is 2.65 bits per heavy atom. The molecule has 2 aromatic carbocycles. The zero-order chi connectivity index (χ0) is 14.3. The Hall–Kier alpha value is -1.84. The van der Waals surface area contributed by atoms with Crippen LogP contribution < -0.4 is 10.5 Å². The molecule has 0 aromatic heterocycles. The third kappa shape index (κ3) is 1.82. The molecule has 0 fully saturated rings. The van der Waals surface area contributed by atoms with Gasteiger partial charge >= 0.3 is 0 Å². The van der Waals surface area contributed by atoms with E-state index in [-0.39, 0.29) is 6.04 Å². The van der Waals surface area contributed by atoms with E-state index in [1.165, 1.54) is 0 Å². The summed E-state index contributed by atoms with van der Waals surface area (Å²) in [6.45, 7) is 1.99. The zero-order valence-electron chi connectivity index (χ0n) is 11.8. The Morgan fingerprint density at radius 2 is 1.95 bits per heavy atom. The van der Waals surface area contributed by atoms with Gasteiger partial charge in [-0.05, 0) is 41.3 Å². The number of hydrogen-bond donors (Lipinski definition) is 2. The van der Waals surface area contributed by atoms with Crippen molar-refractivity contribution in [3.63, 3.8) is 0 Å². The summed E-state index contributed by atoms with van der Waals surface area (Å²) < 4.78 is 5.23. The number of benzene rings is 2. The lowest BCUT2D eigenvalue weighted by Gasteiger charge is -2.27. The van der Waals surface area contributed by atoms with E-state index >= 15 is 0 Å². The molecule has 0 spiro atoms. The summed E-state index contributed by atoms with van der Waals surface area (Å²) in [4.78, 5) is 0. The highest BCUT2D eigenvalue weighted by Gasteiger charge is 2.42. The van der Waals surface area contributed by atoms with Crippen LogP contribution in [0.4, 0.5) is 0 Å². The van der Waals surface area contributed by atoms with Gasteiger partial charge in [0.2, 0.25) is 0 Å². The first-order valence-corrected chi connectivity index (χ1v) is 6.79. The molecule has 3 nitrogen and oxygen atoms in total. The highest BCUT2D eigenvalue weighted by Crippen LogP contribution is 2.47. The van der Waals surface area contributed by atoms with Gasteiger partial charge in [0.25, 0.3) is 0 Å². The number of aryl methyl sites for hydroxylation is 1. The van der Waals surface area contributed by atoms with Crippen molar-refractivity contribution in [2.75, 3.05) is 7.11 Å². The van der Waals surface area contributed by atoms with Crippen LogP contribution in [-0.2, 0) is 5.60 Å². The third-order valence-electron chi connectivity index (χ3n) is 4.20. The van der Waals surface area contributed by atoms with Crippen LogP contribution in [0.25, 0.3) is 0 Å². The number of ether oxygens (including phenoxy) is 1. The topological polar surface area (TPSA) is 55.5 Å². The van der Waals surface area contributed by atoms with E-state index in [9.17, 15) is 5.11 Å². The Bertz CT molecular complexity index is 653. The summed E-state index contributed by atoms with van der Waals surface area (Å²) in [5, 5.41) is 11.2. The molecule has 0 saturated carbocycles. The minimum absolute atomic E-state index is 0.127. The van der Waals surface area contributed by atoms with E-state index in [1.807, 2.05) is 49.4 Å². The maximum absolute atomic E-state index is 11.2. The summed E-state index contributed by atoms with van der Waals surface area (Å²) in [6.07, 6.45) is 0.513. The van der Waals surface area contributed by atoms with Crippen LogP contribution in [0.15, 0.2) is 42.5 Å². The molecule has 0 bridgehead atoms. The second kappa shape index (κ2) is 4.62. The first kappa shape index (κ1) is 13.2. The van der Waals surface area contributed by atoms with Crippen molar-refractivity contribution in [1.29, 1.82) is 0 Å². The van der Waals surface area contributed by atoms with Gasteiger partial charge in [0, 0.05) is 12.5 Å².